The molecule has 0 atom stereocenters. The Hall–Kier alpha value is -4.33. The summed E-state index contributed by atoms with van der Waals surface area (Å²) in [7, 11) is 0. The van der Waals surface area contributed by atoms with Crippen LogP contribution in [0.1, 0.15) is 26.3 Å². The fraction of sp³-hybridized carbons (Fsp3) is 0.160. The summed E-state index contributed by atoms with van der Waals surface area (Å²) in [6, 6.07) is 20.9. The molecule has 3 aromatic carbocycles. The van der Waals surface area contributed by atoms with E-state index in [9.17, 15) is 14.9 Å². The number of hydrogen-bond donors (Lipinski definition) is 0. The lowest BCUT2D eigenvalue weighted by atomic mass is 10.1. The van der Waals surface area contributed by atoms with E-state index in [4.69, 9.17) is 4.74 Å². The lowest BCUT2D eigenvalue weighted by Gasteiger charge is -2.22. The van der Waals surface area contributed by atoms with Gasteiger partial charge in [-0.05, 0) is 39.0 Å². The molecule has 0 spiro atoms. The molecule has 0 amide bonds. The van der Waals surface area contributed by atoms with Crippen LogP contribution < -0.4 is 10.3 Å². The molecule has 0 radical (unpaired) electrons. The average Bonchev–Trinajstić information content (AvgIpc) is 2.78. The highest BCUT2D eigenvalue weighted by atomic mass is 16.6. The molecule has 0 saturated carbocycles. The normalized spacial score (nSPS) is 11.7. The van der Waals surface area contributed by atoms with Crippen LogP contribution in [0.5, 0.6) is 5.75 Å². The molecule has 4 aromatic rings. The summed E-state index contributed by atoms with van der Waals surface area (Å²) in [5.74, 6) is 0.445. The van der Waals surface area contributed by atoms with Crippen LogP contribution >= 0.6 is 0 Å². The molecule has 0 saturated heterocycles. The van der Waals surface area contributed by atoms with Crippen LogP contribution in [0.15, 0.2) is 82.7 Å². The first kappa shape index (κ1) is 21.9. The van der Waals surface area contributed by atoms with Gasteiger partial charge in [-0.3, -0.25) is 14.9 Å². The number of nitrogens with zero attached hydrogens (tertiary/aromatic N) is 4. The zero-order valence-corrected chi connectivity index (χ0v) is 18.4. The Kier molecular flexibility index (Phi) is 5.74. The molecule has 1 aromatic heterocycles. The zero-order chi connectivity index (χ0) is 23.6. The van der Waals surface area contributed by atoms with E-state index in [0.29, 0.717) is 27.9 Å². The van der Waals surface area contributed by atoms with Crippen LogP contribution in [0.3, 0.4) is 0 Å². The van der Waals surface area contributed by atoms with E-state index < -0.39 is 10.5 Å². The second-order valence-corrected chi connectivity index (χ2v) is 8.35. The van der Waals surface area contributed by atoms with E-state index >= 15 is 0 Å². The molecule has 1 heterocycles. The van der Waals surface area contributed by atoms with Crippen LogP contribution in [0.2, 0.25) is 0 Å². The van der Waals surface area contributed by atoms with Gasteiger partial charge in [0.05, 0.1) is 22.0 Å². The molecule has 0 aliphatic heterocycles. The van der Waals surface area contributed by atoms with Gasteiger partial charge in [-0.2, -0.15) is 9.78 Å². The fourth-order valence-electron chi connectivity index (χ4n) is 3.33. The minimum Gasteiger partial charge on any atom is -0.481 e. The summed E-state index contributed by atoms with van der Waals surface area (Å²) < 4.78 is 7.10. The highest BCUT2D eigenvalue weighted by Crippen LogP contribution is 2.33. The smallest absolute Gasteiger partial charge is 0.311 e. The third kappa shape index (κ3) is 4.64. The van der Waals surface area contributed by atoms with Crippen molar-refractivity contribution in [3.63, 3.8) is 0 Å². The number of nitro benzene ring substituents is 1. The Morgan fingerprint density at radius 1 is 1.00 bits per heavy atom. The summed E-state index contributed by atoms with van der Waals surface area (Å²) in [6.45, 7) is 5.40. The molecule has 0 unspecified atom stereocenters. The minimum atomic E-state index is -0.675. The first-order valence-corrected chi connectivity index (χ1v) is 10.3. The number of rotatable bonds is 5. The third-order valence-electron chi connectivity index (χ3n) is 4.73. The van der Waals surface area contributed by atoms with E-state index in [2.05, 4.69) is 10.1 Å². The van der Waals surface area contributed by atoms with Crippen molar-refractivity contribution in [2.45, 2.75) is 26.4 Å². The quantitative estimate of drug-likeness (QED) is 0.245. The maximum atomic E-state index is 13.3. The summed E-state index contributed by atoms with van der Waals surface area (Å²) in [6.07, 6.45) is 1.39. The van der Waals surface area contributed by atoms with Gasteiger partial charge >= 0.3 is 5.69 Å². The minimum absolute atomic E-state index is 0.0850. The molecule has 33 heavy (non-hydrogen) atoms. The summed E-state index contributed by atoms with van der Waals surface area (Å²) >= 11 is 0. The molecule has 0 aliphatic carbocycles. The van der Waals surface area contributed by atoms with Crippen LogP contribution in [-0.4, -0.2) is 26.4 Å². The average molecular weight is 442 g/mol. The second-order valence-electron chi connectivity index (χ2n) is 8.35. The van der Waals surface area contributed by atoms with E-state index in [0.717, 1.165) is 0 Å². The van der Waals surface area contributed by atoms with Crippen molar-refractivity contribution in [3.05, 3.63) is 98.8 Å². The molecular weight excluding hydrogens is 420 g/mol. The summed E-state index contributed by atoms with van der Waals surface area (Å²) in [4.78, 5) is 29.0. The number of benzene rings is 3. The lowest BCUT2D eigenvalue weighted by molar-refractivity contribution is -0.386. The highest BCUT2D eigenvalue weighted by Gasteiger charge is 2.24. The van der Waals surface area contributed by atoms with Gasteiger partial charge in [-0.25, -0.2) is 4.98 Å². The van der Waals surface area contributed by atoms with Gasteiger partial charge in [0, 0.05) is 17.2 Å². The second kappa shape index (κ2) is 8.66. The van der Waals surface area contributed by atoms with Gasteiger partial charge in [0.2, 0.25) is 5.75 Å². The Labute approximate surface area is 189 Å². The lowest BCUT2D eigenvalue weighted by Crippen LogP contribution is -2.24. The number of fused-ring (bicyclic) bond motifs is 1. The van der Waals surface area contributed by atoms with Gasteiger partial charge in [-0.1, -0.05) is 48.5 Å². The monoisotopic (exact) mass is 442 g/mol. The zero-order valence-electron chi connectivity index (χ0n) is 18.4. The van der Waals surface area contributed by atoms with Crippen molar-refractivity contribution in [1.82, 2.24) is 9.66 Å². The Bertz CT molecular complexity index is 1420. The molecule has 0 bridgehead atoms. The van der Waals surface area contributed by atoms with E-state index in [-0.39, 0.29) is 17.0 Å². The summed E-state index contributed by atoms with van der Waals surface area (Å²) in [5.41, 5.74) is 0.437. The first-order chi connectivity index (χ1) is 15.7. The van der Waals surface area contributed by atoms with E-state index in [1.54, 1.807) is 51.1 Å². The number of aromatic nitrogens is 2. The van der Waals surface area contributed by atoms with Crippen molar-refractivity contribution in [1.29, 1.82) is 0 Å². The molecule has 0 aliphatic rings. The number of nitro groups is 1. The maximum absolute atomic E-state index is 13.3. The molecule has 0 fully saturated rings. The van der Waals surface area contributed by atoms with Crippen molar-refractivity contribution in [3.8, 4) is 17.1 Å². The van der Waals surface area contributed by atoms with Crippen molar-refractivity contribution in [2.75, 3.05) is 0 Å². The van der Waals surface area contributed by atoms with E-state index in [1.165, 1.54) is 17.0 Å². The maximum Gasteiger partial charge on any atom is 0.311 e. The first-order valence-electron chi connectivity index (χ1n) is 10.3. The van der Waals surface area contributed by atoms with Crippen molar-refractivity contribution in [2.24, 2.45) is 5.10 Å². The van der Waals surface area contributed by atoms with Gasteiger partial charge < -0.3 is 4.74 Å². The van der Waals surface area contributed by atoms with Crippen LogP contribution in [0, 0.1) is 10.1 Å². The topological polar surface area (TPSA) is 99.6 Å². The van der Waals surface area contributed by atoms with Gasteiger partial charge in [-0.15, -0.1) is 0 Å². The molecule has 0 N–H and O–H groups in total. The highest BCUT2D eigenvalue weighted by molar-refractivity contribution is 5.86. The Balaban J connectivity index is 1.92. The molecule has 8 heteroatoms. The van der Waals surface area contributed by atoms with E-state index in [1.807, 2.05) is 36.4 Å². The predicted molar refractivity (Wildman–Crippen MR) is 128 cm³/mol. The van der Waals surface area contributed by atoms with Crippen molar-refractivity contribution >= 4 is 22.8 Å². The Morgan fingerprint density at radius 3 is 2.39 bits per heavy atom. The molecule has 166 valence electrons. The van der Waals surface area contributed by atoms with Crippen LogP contribution in [-0.2, 0) is 0 Å². The number of hydrogen-bond acceptors (Lipinski definition) is 6. The van der Waals surface area contributed by atoms with Gasteiger partial charge in [0.1, 0.15) is 5.60 Å². The third-order valence-corrected chi connectivity index (χ3v) is 4.73. The summed E-state index contributed by atoms with van der Waals surface area (Å²) in [5, 5.41) is 16.4. The number of ether oxygens (including phenoxy) is 1. The number of para-hydroxylation sites is 2. The standard InChI is InChI=1S/C25H22N4O4/c1-25(2,3)33-22-18(12-9-15-21(22)29(31)32)16-26-28-23(17-10-5-4-6-11-17)27-20-14-8-7-13-19(20)24(28)30/h4-16H,1-3H3. The van der Waals surface area contributed by atoms with Gasteiger partial charge in [0.25, 0.3) is 5.56 Å². The predicted octanol–water partition coefficient (Wildman–Crippen LogP) is 5.03. The SMILES string of the molecule is CC(C)(C)Oc1c(C=Nn2c(-c3ccccc3)nc3ccccc3c2=O)cccc1[N+](=O)[O-]. The fourth-order valence-corrected chi connectivity index (χ4v) is 3.33. The largest absolute Gasteiger partial charge is 0.481 e. The molecular formula is C25H22N4O4. The molecule has 8 nitrogen and oxygen atoms in total. The van der Waals surface area contributed by atoms with Crippen molar-refractivity contribution < 1.29 is 9.66 Å². The van der Waals surface area contributed by atoms with Crippen LogP contribution in [0.4, 0.5) is 5.69 Å². The van der Waals surface area contributed by atoms with Crippen LogP contribution in [0.25, 0.3) is 22.3 Å². The van der Waals surface area contributed by atoms with Gasteiger partial charge in [0.15, 0.2) is 5.82 Å². The molecule has 4 rings (SSSR count). The Morgan fingerprint density at radius 2 is 1.70 bits per heavy atom.